The Balaban J connectivity index is 1.97. The topological polar surface area (TPSA) is 215 Å². The van der Waals surface area contributed by atoms with Gasteiger partial charge < -0.3 is 38.3 Å². The van der Waals surface area contributed by atoms with E-state index >= 15 is 0 Å². The first-order valence-corrected chi connectivity index (χ1v) is 12.1. The summed E-state index contributed by atoms with van der Waals surface area (Å²) in [5.74, 6) is -3.15. The van der Waals surface area contributed by atoms with Crippen LogP contribution in [0.25, 0.3) is 0 Å². The fraction of sp³-hybridized carbons (Fsp3) is 0.346. The monoisotopic (exact) mass is 525 g/mol. The minimum absolute atomic E-state index is 0.0950. The molecule has 0 radical (unpaired) electrons. The molecule has 0 bridgehead atoms. The molecule has 3 amide bonds. The number of nitrogens with one attached hydrogen (secondary N) is 3. The minimum Gasteiger partial charge on any atom is -0.480 e. The van der Waals surface area contributed by atoms with Gasteiger partial charge in [0, 0.05) is 13.0 Å². The summed E-state index contributed by atoms with van der Waals surface area (Å²) in [7, 11) is 0. The Morgan fingerprint density at radius 2 is 1.39 bits per heavy atom. The Morgan fingerprint density at radius 1 is 0.816 bits per heavy atom. The third kappa shape index (κ3) is 11.1. The number of benzene rings is 2. The van der Waals surface area contributed by atoms with E-state index in [1.807, 2.05) is 48.5 Å². The lowest BCUT2D eigenvalue weighted by Gasteiger charge is -2.21. The van der Waals surface area contributed by atoms with Gasteiger partial charge in [-0.2, -0.15) is 0 Å². The van der Waals surface area contributed by atoms with Crippen LogP contribution in [0, 0.1) is 0 Å². The molecular weight excluding hydrogens is 490 g/mol. The largest absolute Gasteiger partial charge is 0.480 e. The molecule has 0 aliphatic carbocycles. The molecule has 3 unspecified atom stereocenters. The first kappa shape index (κ1) is 29.8. The molecule has 0 fully saturated rings. The number of carboxylic acid groups (broad SMARTS) is 1. The summed E-state index contributed by atoms with van der Waals surface area (Å²) in [6, 6.07) is 15.2. The highest BCUT2D eigenvalue weighted by Crippen LogP contribution is 2.06. The Kier molecular flexibility index (Phi) is 12.2. The van der Waals surface area contributed by atoms with Crippen molar-refractivity contribution >= 4 is 29.7 Å². The fourth-order valence-corrected chi connectivity index (χ4v) is 3.60. The van der Waals surface area contributed by atoms with Crippen LogP contribution in [-0.2, 0) is 32.0 Å². The molecule has 0 aliphatic heterocycles. The number of amides is 3. The number of carboxylic acids is 1. The van der Waals surface area contributed by atoms with E-state index < -0.39 is 48.4 Å². The van der Waals surface area contributed by atoms with Crippen LogP contribution in [0.3, 0.4) is 0 Å². The SMILES string of the molecule is NC(N)=NCCCC(NC(=O)CNC(=O)C(Cc1ccccc1)NC(=O)C(N)Cc1ccccc1)C(=O)O. The Hall–Kier alpha value is -4.45. The van der Waals surface area contributed by atoms with E-state index in [0.29, 0.717) is 6.42 Å². The highest BCUT2D eigenvalue weighted by Gasteiger charge is 2.25. The molecule has 2 aromatic carbocycles. The van der Waals surface area contributed by atoms with Gasteiger partial charge in [-0.1, -0.05) is 60.7 Å². The maximum atomic E-state index is 13.0. The molecule has 204 valence electrons. The van der Waals surface area contributed by atoms with Gasteiger partial charge >= 0.3 is 5.97 Å². The molecule has 0 saturated heterocycles. The lowest BCUT2D eigenvalue weighted by Crippen LogP contribution is -2.54. The molecule has 0 aliphatic rings. The van der Waals surface area contributed by atoms with Crippen molar-refractivity contribution in [2.24, 2.45) is 22.2 Å². The predicted octanol–water partition coefficient (Wildman–Crippen LogP) is -0.977. The van der Waals surface area contributed by atoms with Gasteiger partial charge in [0.1, 0.15) is 12.1 Å². The predicted molar refractivity (Wildman–Crippen MR) is 143 cm³/mol. The van der Waals surface area contributed by atoms with Crippen molar-refractivity contribution in [3.63, 3.8) is 0 Å². The highest BCUT2D eigenvalue weighted by molar-refractivity contribution is 5.92. The summed E-state index contributed by atoms with van der Waals surface area (Å²) in [5.41, 5.74) is 18.2. The van der Waals surface area contributed by atoms with Crippen molar-refractivity contribution in [3.8, 4) is 0 Å². The van der Waals surface area contributed by atoms with Crippen molar-refractivity contribution in [3.05, 3.63) is 71.8 Å². The lowest BCUT2D eigenvalue weighted by molar-refractivity contribution is -0.142. The zero-order chi connectivity index (χ0) is 27.9. The fourth-order valence-electron chi connectivity index (χ4n) is 3.60. The molecule has 12 nitrogen and oxygen atoms in total. The molecule has 38 heavy (non-hydrogen) atoms. The lowest BCUT2D eigenvalue weighted by atomic mass is 10.0. The zero-order valence-corrected chi connectivity index (χ0v) is 21.0. The standard InChI is InChI=1S/C26H35N7O5/c27-19(14-17-8-3-1-4-9-17)23(35)33-21(15-18-10-5-2-6-11-18)24(36)31-16-22(34)32-20(25(37)38)12-7-13-30-26(28)29/h1-6,8-11,19-21H,7,12-16,27H2,(H,31,36)(H,32,34)(H,33,35)(H,37,38)(H4,28,29,30). The number of carbonyl (C=O) groups excluding carboxylic acids is 3. The molecule has 2 rings (SSSR count). The molecule has 0 heterocycles. The second-order valence-electron chi connectivity index (χ2n) is 8.67. The van der Waals surface area contributed by atoms with Crippen LogP contribution >= 0.6 is 0 Å². The summed E-state index contributed by atoms with van der Waals surface area (Å²) >= 11 is 0. The molecular formula is C26H35N7O5. The average molecular weight is 526 g/mol. The van der Waals surface area contributed by atoms with Crippen molar-refractivity contribution in [2.75, 3.05) is 13.1 Å². The number of rotatable bonds is 15. The maximum Gasteiger partial charge on any atom is 0.326 e. The van der Waals surface area contributed by atoms with Gasteiger partial charge in [-0.25, -0.2) is 4.79 Å². The Morgan fingerprint density at radius 3 is 1.95 bits per heavy atom. The van der Waals surface area contributed by atoms with Gasteiger partial charge in [-0.05, 0) is 30.4 Å². The number of nitrogens with two attached hydrogens (primary N) is 3. The van der Waals surface area contributed by atoms with Crippen molar-refractivity contribution in [1.82, 2.24) is 16.0 Å². The van der Waals surface area contributed by atoms with Gasteiger partial charge in [0.15, 0.2) is 5.96 Å². The number of aliphatic carboxylic acids is 1. The van der Waals surface area contributed by atoms with E-state index in [9.17, 15) is 24.3 Å². The minimum atomic E-state index is -1.23. The smallest absolute Gasteiger partial charge is 0.326 e. The van der Waals surface area contributed by atoms with Crippen LogP contribution in [0.5, 0.6) is 0 Å². The van der Waals surface area contributed by atoms with E-state index in [-0.39, 0.29) is 31.8 Å². The summed E-state index contributed by atoms with van der Waals surface area (Å²) in [4.78, 5) is 53.4. The van der Waals surface area contributed by atoms with Crippen LogP contribution < -0.4 is 33.2 Å². The summed E-state index contributed by atoms with van der Waals surface area (Å²) in [6.07, 6.45) is 0.878. The third-order valence-electron chi connectivity index (χ3n) is 5.55. The number of hydrogen-bond acceptors (Lipinski definition) is 6. The van der Waals surface area contributed by atoms with Crippen LogP contribution in [0.4, 0.5) is 0 Å². The molecule has 3 atom stereocenters. The molecule has 0 aromatic heterocycles. The summed E-state index contributed by atoms with van der Waals surface area (Å²) < 4.78 is 0. The summed E-state index contributed by atoms with van der Waals surface area (Å²) in [6.45, 7) is -0.264. The van der Waals surface area contributed by atoms with Gasteiger partial charge in [0.05, 0.1) is 12.6 Å². The molecule has 0 spiro atoms. The van der Waals surface area contributed by atoms with E-state index in [1.54, 1.807) is 12.1 Å². The van der Waals surface area contributed by atoms with Gasteiger partial charge in [-0.15, -0.1) is 0 Å². The first-order chi connectivity index (χ1) is 18.2. The molecule has 12 heteroatoms. The van der Waals surface area contributed by atoms with Crippen LogP contribution in [0.15, 0.2) is 65.7 Å². The van der Waals surface area contributed by atoms with Gasteiger partial charge in [-0.3, -0.25) is 19.4 Å². The zero-order valence-electron chi connectivity index (χ0n) is 21.0. The van der Waals surface area contributed by atoms with Crippen LogP contribution in [0.1, 0.15) is 24.0 Å². The second-order valence-corrected chi connectivity index (χ2v) is 8.67. The van der Waals surface area contributed by atoms with Gasteiger partial charge in [0.25, 0.3) is 0 Å². The van der Waals surface area contributed by atoms with Crippen LogP contribution in [0.2, 0.25) is 0 Å². The summed E-state index contributed by atoms with van der Waals surface area (Å²) in [5, 5.41) is 16.9. The number of guanidine groups is 1. The van der Waals surface area contributed by atoms with E-state index in [0.717, 1.165) is 11.1 Å². The average Bonchev–Trinajstić information content (AvgIpc) is 2.89. The quantitative estimate of drug-likeness (QED) is 0.0869. The van der Waals surface area contributed by atoms with Crippen molar-refractivity contribution < 1.29 is 24.3 Å². The van der Waals surface area contributed by atoms with Crippen LogP contribution in [-0.4, -0.2) is 66.0 Å². The Labute approximate surface area is 221 Å². The number of aliphatic imine (C=N–C) groups is 1. The van der Waals surface area contributed by atoms with Crippen molar-refractivity contribution in [1.29, 1.82) is 0 Å². The molecule has 0 saturated carbocycles. The van der Waals surface area contributed by atoms with Gasteiger partial charge in [0.2, 0.25) is 17.7 Å². The number of hydrogen-bond donors (Lipinski definition) is 7. The molecule has 10 N–H and O–H groups in total. The number of carbonyl (C=O) groups is 4. The number of nitrogens with zero attached hydrogens (tertiary/aromatic N) is 1. The molecule has 2 aromatic rings. The van der Waals surface area contributed by atoms with Crippen molar-refractivity contribution in [2.45, 2.75) is 43.8 Å². The normalized spacial score (nSPS) is 12.9. The highest BCUT2D eigenvalue weighted by atomic mass is 16.4. The van der Waals surface area contributed by atoms with E-state index in [2.05, 4.69) is 20.9 Å². The first-order valence-electron chi connectivity index (χ1n) is 12.1. The Bertz CT molecular complexity index is 1090. The van der Waals surface area contributed by atoms with E-state index in [1.165, 1.54) is 0 Å². The maximum absolute atomic E-state index is 13.0. The van der Waals surface area contributed by atoms with E-state index in [4.69, 9.17) is 17.2 Å². The second kappa shape index (κ2) is 15.6. The third-order valence-corrected chi connectivity index (χ3v) is 5.55.